The topological polar surface area (TPSA) is 139 Å². The van der Waals surface area contributed by atoms with Crippen molar-refractivity contribution in [2.75, 3.05) is 5.32 Å². The van der Waals surface area contributed by atoms with Crippen LogP contribution >= 0.6 is 0 Å². The highest BCUT2D eigenvalue weighted by atomic mass is 16.7. The second kappa shape index (κ2) is 12.1. The van der Waals surface area contributed by atoms with Crippen LogP contribution in [0.25, 0.3) is 16.7 Å². The molecule has 0 radical (unpaired) electrons. The van der Waals surface area contributed by atoms with Gasteiger partial charge in [-0.3, -0.25) is 19.9 Å². The Morgan fingerprint density at radius 3 is 2.11 bits per heavy atom. The number of hydrogen-bond acceptors (Lipinski definition) is 8. The van der Waals surface area contributed by atoms with Gasteiger partial charge in [0, 0.05) is 48.3 Å². The van der Waals surface area contributed by atoms with Crippen molar-refractivity contribution in [2.24, 2.45) is 0 Å². The van der Waals surface area contributed by atoms with Gasteiger partial charge in [-0.2, -0.15) is 5.10 Å². The highest BCUT2D eigenvalue weighted by Crippen LogP contribution is 2.38. The van der Waals surface area contributed by atoms with Gasteiger partial charge in [0.05, 0.1) is 23.0 Å². The van der Waals surface area contributed by atoms with Crippen molar-refractivity contribution in [2.45, 2.75) is 140 Å². The van der Waals surface area contributed by atoms with Crippen LogP contribution in [0.3, 0.4) is 0 Å². The van der Waals surface area contributed by atoms with E-state index >= 15 is 0 Å². The first kappa shape index (κ1) is 30.6. The van der Waals surface area contributed by atoms with E-state index in [2.05, 4.69) is 40.4 Å². The average molecular weight is 606 g/mol. The normalized spacial score (nSPS) is 23.1. The van der Waals surface area contributed by atoms with Gasteiger partial charge in [-0.25, -0.2) is 14.5 Å². The number of aryl methyl sites for hydroxylation is 1. The Bertz CT molecular complexity index is 1400. The number of rotatable bonds is 8. The summed E-state index contributed by atoms with van der Waals surface area (Å²) in [5.41, 5.74) is 2.98. The Kier molecular flexibility index (Phi) is 8.43. The molecule has 3 aliphatic carbocycles. The molecule has 0 spiro atoms. The molecule has 11 heteroatoms. The Morgan fingerprint density at radius 1 is 0.955 bits per heavy atom. The molecule has 238 valence electrons. The molecule has 0 bridgehead atoms. The number of hydrogen-bond donors (Lipinski definition) is 4. The Hall–Kier alpha value is -3.47. The Balaban J connectivity index is 1.39. The summed E-state index contributed by atoms with van der Waals surface area (Å²) in [5.74, 6) is -0.639. The van der Waals surface area contributed by atoms with Crippen LogP contribution < -0.4 is 21.4 Å². The van der Waals surface area contributed by atoms with E-state index in [1.54, 1.807) is 18.5 Å². The molecule has 0 atom stereocenters. The van der Waals surface area contributed by atoms with Crippen molar-refractivity contribution < 1.29 is 19.2 Å². The molecular weight excluding hydrogens is 558 g/mol. The van der Waals surface area contributed by atoms with Crippen molar-refractivity contribution in [3.8, 4) is 0 Å². The van der Waals surface area contributed by atoms with Gasteiger partial charge in [-0.15, -0.1) is 0 Å². The number of nitrogens with zero attached hydrogens (tertiary/aromatic N) is 3. The quantitative estimate of drug-likeness (QED) is 0.319. The lowest BCUT2D eigenvalue weighted by Gasteiger charge is -2.39. The highest BCUT2D eigenvalue weighted by molar-refractivity contribution is 6.13. The molecule has 2 aromatic rings. The molecule has 44 heavy (non-hydrogen) atoms. The predicted octanol–water partition coefficient (Wildman–Crippen LogP) is 4.67. The number of ketones is 1. The number of pyridine rings is 1. The number of hydroxylamine groups is 1. The third-order valence-electron chi connectivity index (χ3n) is 10.2. The van der Waals surface area contributed by atoms with Gasteiger partial charge in [0.2, 0.25) is 0 Å². The number of amides is 2. The van der Waals surface area contributed by atoms with E-state index in [-0.39, 0.29) is 11.8 Å². The van der Waals surface area contributed by atoms with Crippen molar-refractivity contribution in [3.63, 3.8) is 0 Å². The summed E-state index contributed by atoms with van der Waals surface area (Å²) in [7, 11) is 0. The maximum Gasteiger partial charge on any atom is 0.271 e. The molecule has 4 N–H and O–H groups in total. The zero-order chi connectivity index (χ0) is 31.0. The summed E-state index contributed by atoms with van der Waals surface area (Å²) in [4.78, 5) is 51.3. The fourth-order valence-corrected chi connectivity index (χ4v) is 7.41. The lowest BCUT2D eigenvalue weighted by molar-refractivity contribution is -0.160. The molecule has 3 saturated carbocycles. The molecule has 11 nitrogen and oxygen atoms in total. The summed E-state index contributed by atoms with van der Waals surface area (Å²) in [6.45, 7) is 6.80. The zero-order valence-corrected chi connectivity index (χ0v) is 26.4. The van der Waals surface area contributed by atoms with Gasteiger partial charge in [-0.05, 0) is 65.4 Å². The average Bonchev–Trinajstić information content (AvgIpc) is 3.65. The van der Waals surface area contributed by atoms with Crippen LogP contribution in [-0.4, -0.2) is 55.1 Å². The fourth-order valence-electron chi connectivity index (χ4n) is 7.41. The molecule has 4 aliphatic rings. The van der Waals surface area contributed by atoms with Gasteiger partial charge < -0.3 is 16.0 Å². The third kappa shape index (κ3) is 5.95. The number of nitrogens with one attached hydrogen (secondary N) is 4. The molecule has 0 aromatic carbocycles. The van der Waals surface area contributed by atoms with Gasteiger partial charge >= 0.3 is 0 Å². The Labute approximate surface area is 259 Å². The summed E-state index contributed by atoms with van der Waals surface area (Å²) in [6.07, 6.45) is 17.6. The first-order chi connectivity index (χ1) is 21.1. The number of aromatic nitrogens is 3. The summed E-state index contributed by atoms with van der Waals surface area (Å²) in [5, 5.41) is 15.5. The molecule has 1 aliphatic heterocycles. The van der Waals surface area contributed by atoms with Gasteiger partial charge in [-0.1, -0.05) is 38.5 Å². The van der Waals surface area contributed by atoms with E-state index in [1.807, 2.05) is 11.6 Å². The lowest BCUT2D eigenvalue weighted by atomic mass is 9.81. The van der Waals surface area contributed by atoms with E-state index in [0.717, 1.165) is 93.8 Å². The van der Waals surface area contributed by atoms with E-state index in [4.69, 9.17) is 9.82 Å². The molecule has 2 aromatic heterocycles. The summed E-state index contributed by atoms with van der Waals surface area (Å²) >= 11 is 0. The number of Topliss-reactive ketones (excluding diaryl/α,β-unsaturated/α-hetero) is 1. The van der Waals surface area contributed by atoms with Crippen LogP contribution in [0.15, 0.2) is 18.5 Å². The minimum absolute atomic E-state index is 0.0961. The van der Waals surface area contributed by atoms with Crippen molar-refractivity contribution >= 4 is 40.0 Å². The minimum atomic E-state index is -1.90. The van der Waals surface area contributed by atoms with Crippen LogP contribution in [0.4, 0.5) is 5.69 Å². The van der Waals surface area contributed by atoms with E-state index in [9.17, 15) is 14.4 Å². The summed E-state index contributed by atoms with van der Waals surface area (Å²) in [6, 6.07) is 0.0961. The summed E-state index contributed by atoms with van der Waals surface area (Å²) < 4.78 is 1.84. The van der Waals surface area contributed by atoms with Gasteiger partial charge in [0.1, 0.15) is 5.78 Å². The van der Waals surface area contributed by atoms with Gasteiger partial charge in [0.15, 0.2) is 5.65 Å². The highest BCUT2D eigenvalue weighted by Gasteiger charge is 2.53. The molecule has 0 unspecified atom stereocenters. The largest absolute Gasteiger partial charge is 0.381 e. The standard InChI is InChI=1S/C33H47N7O4/c1-4-40-28-25(21-35-40)27(36-22-11-13-23(41)14-12-22)24(20-34-28)26-19-33(44-39-26,29(42)37-31(2)15-7-5-8-16-31)30(43)38-32(3)17-9-6-10-18-32/h19-22,39H,4-18H2,1-3H3,(H,34,36)(H,37,42)(H,38,43). The van der Waals surface area contributed by atoms with E-state index < -0.39 is 28.5 Å². The van der Waals surface area contributed by atoms with Crippen LogP contribution in [0.1, 0.15) is 116 Å². The molecule has 3 heterocycles. The molecular formula is C33H47N7O4. The predicted molar refractivity (Wildman–Crippen MR) is 168 cm³/mol. The lowest BCUT2D eigenvalue weighted by Crippen LogP contribution is -2.64. The molecule has 2 amide bonds. The van der Waals surface area contributed by atoms with E-state index in [0.29, 0.717) is 30.6 Å². The molecule has 3 fully saturated rings. The minimum Gasteiger partial charge on any atom is -0.381 e. The number of carbonyl (C=O) groups excluding carboxylic acids is 3. The first-order valence-electron chi connectivity index (χ1n) is 16.6. The maximum atomic E-state index is 14.2. The van der Waals surface area contributed by atoms with Crippen LogP contribution in [-0.2, 0) is 25.8 Å². The number of carbonyl (C=O) groups is 3. The van der Waals surface area contributed by atoms with Crippen LogP contribution in [0.2, 0.25) is 0 Å². The monoisotopic (exact) mass is 605 g/mol. The van der Waals surface area contributed by atoms with Crippen LogP contribution in [0.5, 0.6) is 0 Å². The second-order valence-electron chi connectivity index (χ2n) is 13.9. The fraction of sp³-hybridized carbons (Fsp3) is 0.667. The van der Waals surface area contributed by atoms with Crippen molar-refractivity contribution in [1.82, 2.24) is 30.9 Å². The van der Waals surface area contributed by atoms with Crippen molar-refractivity contribution in [1.29, 1.82) is 0 Å². The van der Waals surface area contributed by atoms with Crippen molar-refractivity contribution in [3.05, 3.63) is 24.0 Å². The van der Waals surface area contributed by atoms with E-state index in [1.165, 1.54) is 0 Å². The molecule has 6 rings (SSSR count). The maximum absolute atomic E-state index is 14.2. The number of anilines is 1. The molecule has 0 saturated heterocycles. The first-order valence-corrected chi connectivity index (χ1v) is 16.6. The Morgan fingerprint density at radius 2 is 1.55 bits per heavy atom. The third-order valence-corrected chi connectivity index (χ3v) is 10.2. The SMILES string of the molecule is CCn1ncc2c(NC3CCC(=O)CC3)c(C3=CC(C(=O)NC4(C)CCCCC4)(C(=O)NC4(C)CCCCC4)ON3)cnc21. The van der Waals surface area contributed by atoms with Gasteiger partial charge in [0.25, 0.3) is 17.4 Å². The second-order valence-corrected chi connectivity index (χ2v) is 13.9. The van der Waals surface area contributed by atoms with Crippen LogP contribution in [0, 0.1) is 0 Å². The smallest absolute Gasteiger partial charge is 0.271 e. The zero-order valence-electron chi connectivity index (χ0n) is 26.4. The number of fused-ring (bicyclic) bond motifs is 1.